The Morgan fingerprint density at radius 1 is 1.42 bits per heavy atom. The van der Waals surface area contributed by atoms with E-state index in [1.165, 1.54) is 18.2 Å². The molecule has 1 heterocycles. The maximum absolute atomic E-state index is 13.3. The Bertz CT molecular complexity index is 838. The highest BCUT2D eigenvalue weighted by atomic mass is 19.1. The molecule has 1 atom stereocenters. The number of fused-ring (bicyclic) bond motifs is 1. The molecule has 0 radical (unpaired) electrons. The molecule has 1 aliphatic heterocycles. The quantitative estimate of drug-likeness (QED) is 0.476. The lowest BCUT2D eigenvalue weighted by molar-refractivity contribution is -0.143. The Kier molecular flexibility index (Phi) is 5.21. The van der Waals surface area contributed by atoms with Gasteiger partial charge < -0.3 is 15.2 Å². The van der Waals surface area contributed by atoms with Gasteiger partial charge in [0.2, 0.25) is 0 Å². The summed E-state index contributed by atoms with van der Waals surface area (Å²) in [6.45, 7) is 2.15. The van der Waals surface area contributed by atoms with Gasteiger partial charge in [-0.05, 0) is 43.9 Å². The average Bonchev–Trinajstić information content (AvgIpc) is 2.95. The van der Waals surface area contributed by atoms with Gasteiger partial charge >= 0.3 is 5.97 Å². The van der Waals surface area contributed by atoms with Crippen molar-refractivity contribution in [3.63, 3.8) is 0 Å². The minimum atomic E-state index is -0.457. The number of hydrogen-bond acceptors (Lipinski definition) is 4. The van der Waals surface area contributed by atoms with E-state index < -0.39 is 11.7 Å². The Morgan fingerprint density at radius 3 is 2.92 bits per heavy atom. The molecule has 2 aliphatic rings. The van der Waals surface area contributed by atoms with Gasteiger partial charge in [0, 0.05) is 17.6 Å². The van der Waals surface area contributed by atoms with Crippen LogP contribution in [-0.4, -0.2) is 23.6 Å². The molecule has 2 N–H and O–H groups in total. The third-order valence-electron chi connectivity index (χ3n) is 4.45. The molecule has 26 heavy (non-hydrogen) atoms. The number of halogens is 1. The Labute approximate surface area is 150 Å². The molecule has 1 aromatic carbocycles. The van der Waals surface area contributed by atoms with Crippen LogP contribution in [0.15, 0.2) is 47.8 Å². The molecule has 3 rings (SSSR count). The highest BCUT2D eigenvalue weighted by Gasteiger charge is 2.29. The fourth-order valence-electron chi connectivity index (χ4n) is 3.12. The summed E-state index contributed by atoms with van der Waals surface area (Å²) in [6.07, 6.45) is 7.17. The number of rotatable bonds is 5. The van der Waals surface area contributed by atoms with E-state index in [9.17, 15) is 19.1 Å². The van der Waals surface area contributed by atoms with Crippen LogP contribution in [0.25, 0.3) is 5.57 Å². The second-order valence-electron chi connectivity index (χ2n) is 6.23. The second kappa shape index (κ2) is 7.56. The van der Waals surface area contributed by atoms with Crippen LogP contribution in [0.2, 0.25) is 0 Å². The van der Waals surface area contributed by atoms with E-state index in [4.69, 9.17) is 4.74 Å². The van der Waals surface area contributed by atoms with Crippen LogP contribution in [0, 0.1) is 11.7 Å². The number of carbonyl (C=O) groups excluding carboxylic acids is 2. The number of nitrogens with one attached hydrogen (secondary N) is 1. The Balaban J connectivity index is 1.73. The molecule has 1 amide bonds. The summed E-state index contributed by atoms with van der Waals surface area (Å²) < 4.78 is 18.2. The van der Waals surface area contributed by atoms with E-state index in [1.54, 1.807) is 13.0 Å². The van der Waals surface area contributed by atoms with E-state index in [-0.39, 0.29) is 23.2 Å². The number of benzene rings is 1. The predicted octanol–water partition coefficient (Wildman–Crippen LogP) is 3.89. The van der Waals surface area contributed by atoms with E-state index in [1.807, 2.05) is 12.2 Å². The maximum atomic E-state index is 13.3. The minimum absolute atomic E-state index is 0.132. The maximum Gasteiger partial charge on any atom is 0.305 e. The molecule has 0 aromatic heterocycles. The molecular weight excluding hydrogens is 337 g/mol. The van der Waals surface area contributed by atoms with Gasteiger partial charge in [-0.3, -0.25) is 9.59 Å². The summed E-state index contributed by atoms with van der Waals surface area (Å²) in [5, 5.41) is 13.1. The van der Waals surface area contributed by atoms with Crippen LogP contribution in [0.1, 0.15) is 31.7 Å². The topological polar surface area (TPSA) is 75.6 Å². The molecule has 6 heteroatoms. The van der Waals surface area contributed by atoms with Crippen molar-refractivity contribution in [1.82, 2.24) is 0 Å². The van der Waals surface area contributed by atoms with Crippen molar-refractivity contribution >= 4 is 23.1 Å². The standard InChI is InChI=1S/C20H20FNO4/c1-2-26-17(23)10-5-12-3-6-13(7-4-12)19(24)18-15-9-8-14(21)11-16(15)22-20(18)25/h3,6-9,11-12,24H,2,4-5,10H2,1H3,(H,22,25)/b19-18+. The minimum Gasteiger partial charge on any atom is -0.506 e. The predicted molar refractivity (Wildman–Crippen MR) is 95.8 cm³/mol. The van der Waals surface area contributed by atoms with Gasteiger partial charge in [0.05, 0.1) is 17.9 Å². The summed E-state index contributed by atoms with van der Waals surface area (Å²) in [7, 11) is 0. The number of ether oxygens (including phenoxy) is 1. The van der Waals surface area contributed by atoms with E-state index in [0.29, 0.717) is 42.7 Å². The number of esters is 1. The summed E-state index contributed by atoms with van der Waals surface area (Å²) in [6, 6.07) is 3.95. The van der Waals surface area contributed by atoms with Crippen LogP contribution in [0.3, 0.4) is 0 Å². The SMILES string of the molecule is CCOC(=O)CCC1C=CC(/C(O)=C2\C(=O)Nc3cc(F)ccc32)=CC1. The molecular formula is C20H20FNO4. The fourth-order valence-corrected chi connectivity index (χ4v) is 3.12. The lowest BCUT2D eigenvalue weighted by atomic mass is 9.90. The normalized spacial score (nSPS) is 20.3. The number of anilines is 1. The molecule has 1 aromatic rings. The highest BCUT2D eigenvalue weighted by molar-refractivity contribution is 6.32. The number of aliphatic hydroxyl groups is 1. The van der Waals surface area contributed by atoms with Crippen LogP contribution >= 0.6 is 0 Å². The van der Waals surface area contributed by atoms with Gasteiger partial charge in [-0.25, -0.2) is 4.39 Å². The van der Waals surface area contributed by atoms with Crippen molar-refractivity contribution in [2.45, 2.75) is 26.2 Å². The van der Waals surface area contributed by atoms with Crippen molar-refractivity contribution in [2.24, 2.45) is 5.92 Å². The fraction of sp³-hybridized carbons (Fsp3) is 0.300. The first-order chi connectivity index (χ1) is 12.5. The van der Waals surface area contributed by atoms with Crippen LogP contribution in [0.4, 0.5) is 10.1 Å². The van der Waals surface area contributed by atoms with Crippen molar-refractivity contribution in [2.75, 3.05) is 11.9 Å². The lowest BCUT2D eigenvalue weighted by Crippen LogP contribution is -2.10. The van der Waals surface area contributed by atoms with E-state index in [2.05, 4.69) is 5.32 Å². The molecule has 136 valence electrons. The van der Waals surface area contributed by atoms with Gasteiger partial charge in [0.25, 0.3) is 5.91 Å². The Hall–Kier alpha value is -2.89. The lowest BCUT2D eigenvalue weighted by Gasteiger charge is -2.16. The van der Waals surface area contributed by atoms with Crippen molar-refractivity contribution in [3.8, 4) is 0 Å². The first-order valence-corrected chi connectivity index (χ1v) is 8.58. The number of amides is 1. The van der Waals surface area contributed by atoms with Gasteiger partial charge in [0.1, 0.15) is 11.6 Å². The first-order valence-electron chi connectivity index (χ1n) is 8.58. The number of allylic oxidation sites excluding steroid dienone is 3. The average molecular weight is 357 g/mol. The van der Waals surface area contributed by atoms with Crippen LogP contribution in [-0.2, 0) is 14.3 Å². The summed E-state index contributed by atoms with van der Waals surface area (Å²) >= 11 is 0. The van der Waals surface area contributed by atoms with Gasteiger partial charge in [-0.2, -0.15) is 0 Å². The summed E-state index contributed by atoms with van der Waals surface area (Å²) in [4.78, 5) is 23.6. The first kappa shape index (κ1) is 17.9. The van der Waals surface area contributed by atoms with Crippen LogP contribution in [0.5, 0.6) is 0 Å². The largest absolute Gasteiger partial charge is 0.506 e. The van der Waals surface area contributed by atoms with Crippen molar-refractivity contribution in [1.29, 1.82) is 0 Å². The molecule has 0 spiro atoms. The molecule has 0 bridgehead atoms. The zero-order valence-corrected chi connectivity index (χ0v) is 14.4. The number of hydrogen-bond donors (Lipinski definition) is 2. The van der Waals surface area contributed by atoms with E-state index in [0.717, 1.165) is 0 Å². The van der Waals surface area contributed by atoms with Crippen molar-refractivity contribution < 1.29 is 23.8 Å². The van der Waals surface area contributed by atoms with Gasteiger partial charge in [-0.15, -0.1) is 0 Å². The van der Waals surface area contributed by atoms with E-state index >= 15 is 0 Å². The smallest absolute Gasteiger partial charge is 0.305 e. The zero-order chi connectivity index (χ0) is 18.7. The van der Waals surface area contributed by atoms with Crippen molar-refractivity contribution in [3.05, 3.63) is 59.1 Å². The molecule has 1 unspecified atom stereocenters. The van der Waals surface area contributed by atoms with Gasteiger partial charge in [0.15, 0.2) is 0 Å². The van der Waals surface area contributed by atoms with Crippen LogP contribution < -0.4 is 5.32 Å². The number of aliphatic hydroxyl groups excluding tert-OH is 1. The molecule has 0 saturated heterocycles. The summed E-state index contributed by atoms with van der Waals surface area (Å²) in [5.74, 6) is -1.08. The summed E-state index contributed by atoms with van der Waals surface area (Å²) in [5.41, 5.74) is 1.51. The van der Waals surface area contributed by atoms with Gasteiger partial charge in [-0.1, -0.05) is 18.2 Å². The zero-order valence-electron chi connectivity index (χ0n) is 14.4. The molecule has 0 fully saturated rings. The molecule has 1 aliphatic carbocycles. The third kappa shape index (κ3) is 3.69. The monoisotopic (exact) mass is 357 g/mol. The third-order valence-corrected chi connectivity index (χ3v) is 4.45. The molecule has 0 saturated carbocycles. The Morgan fingerprint density at radius 2 is 2.23 bits per heavy atom. The number of carbonyl (C=O) groups is 2. The molecule has 5 nitrogen and oxygen atoms in total. The second-order valence-corrected chi connectivity index (χ2v) is 6.23. The highest BCUT2D eigenvalue weighted by Crippen LogP contribution is 2.36.